The van der Waals surface area contributed by atoms with Gasteiger partial charge >= 0.3 is 0 Å². The lowest BCUT2D eigenvalue weighted by Gasteiger charge is -2.45. The van der Waals surface area contributed by atoms with Crippen molar-refractivity contribution in [2.24, 2.45) is 11.3 Å². The van der Waals surface area contributed by atoms with Crippen LogP contribution in [0.3, 0.4) is 0 Å². The molecule has 0 heterocycles. The van der Waals surface area contributed by atoms with Gasteiger partial charge in [0.05, 0.1) is 0 Å². The molecule has 1 aliphatic rings. The largest absolute Gasteiger partial charge is 0.316 e. The predicted octanol–water partition coefficient (Wildman–Crippen LogP) is 3.06. The van der Waals surface area contributed by atoms with Crippen LogP contribution in [0.15, 0.2) is 0 Å². The molecule has 12 heavy (non-hydrogen) atoms. The van der Waals surface area contributed by atoms with Crippen LogP contribution in [0.1, 0.15) is 47.5 Å². The van der Waals surface area contributed by atoms with E-state index >= 15 is 0 Å². The van der Waals surface area contributed by atoms with Crippen LogP contribution in [0, 0.1) is 11.3 Å². The Kier molecular flexibility index (Phi) is 5.56. The molecule has 1 heteroatoms. The lowest BCUT2D eigenvalue weighted by Crippen LogP contribution is -2.43. The molecule has 0 saturated heterocycles. The van der Waals surface area contributed by atoms with E-state index in [2.05, 4.69) is 26.1 Å². The lowest BCUT2D eigenvalue weighted by atomic mass is 9.62. The second kappa shape index (κ2) is 5.58. The van der Waals surface area contributed by atoms with Crippen LogP contribution in [0.25, 0.3) is 0 Å². The lowest BCUT2D eigenvalue weighted by molar-refractivity contribution is 0.0661. The summed E-state index contributed by atoms with van der Waals surface area (Å²) in [6, 6.07) is 0. The Hall–Kier alpha value is -0.0400. The van der Waals surface area contributed by atoms with E-state index in [0.717, 1.165) is 12.5 Å². The van der Waals surface area contributed by atoms with Gasteiger partial charge in [0.15, 0.2) is 0 Å². The summed E-state index contributed by atoms with van der Waals surface area (Å²) in [5.74, 6) is 0.937. The molecule has 1 fully saturated rings. The zero-order chi connectivity index (χ0) is 9.61. The normalized spacial score (nSPS) is 33.2. The van der Waals surface area contributed by atoms with E-state index in [0.29, 0.717) is 5.41 Å². The summed E-state index contributed by atoms with van der Waals surface area (Å²) < 4.78 is 0. The Balaban J connectivity index is 0.000000561. The number of nitrogens with one attached hydrogen (secondary N) is 1. The molecule has 0 aliphatic heterocycles. The quantitative estimate of drug-likeness (QED) is 0.688. The summed E-state index contributed by atoms with van der Waals surface area (Å²) in [6.07, 6.45) is 2.85. The zero-order valence-corrected chi connectivity index (χ0v) is 9.41. The van der Waals surface area contributed by atoms with Gasteiger partial charge in [-0.15, -0.1) is 0 Å². The molecule has 0 amide bonds. The van der Waals surface area contributed by atoms with Gasteiger partial charge in [0.1, 0.15) is 0 Å². The smallest absolute Gasteiger partial charge is 0.000760 e. The Morgan fingerprint density at radius 1 is 1.42 bits per heavy atom. The van der Waals surface area contributed by atoms with E-state index in [1.807, 2.05) is 13.8 Å². The maximum atomic E-state index is 3.42. The first kappa shape index (κ1) is 12.0. The Labute approximate surface area is 77.9 Å². The summed E-state index contributed by atoms with van der Waals surface area (Å²) in [7, 11) is 0. The van der Waals surface area contributed by atoms with Crippen LogP contribution in [0.5, 0.6) is 0 Å². The summed E-state index contributed by atoms with van der Waals surface area (Å²) in [5.41, 5.74) is 0.621. The molecule has 0 spiro atoms. The average Bonchev–Trinajstić information content (AvgIpc) is 2.15. The van der Waals surface area contributed by atoms with Crippen molar-refractivity contribution in [1.82, 2.24) is 5.32 Å². The second-order valence-electron chi connectivity index (χ2n) is 3.87. The summed E-state index contributed by atoms with van der Waals surface area (Å²) >= 11 is 0. The third-order valence-corrected chi connectivity index (χ3v) is 3.12. The van der Waals surface area contributed by atoms with Gasteiger partial charge in [0.25, 0.3) is 0 Å². The molecule has 0 aromatic rings. The van der Waals surface area contributed by atoms with Crippen LogP contribution in [0.4, 0.5) is 0 Å². The maximum absolute atomic E-state index is 3.42. The van der Waals surface area contributed by atoms with Crippen molar-refractivity contribution in [1.29, 1.82) is 0 Å². The second-order valence-corrected chi connectivity index (χ2v) is 3.87. The molecular formula is C11H25N. The van der Waals surface area contributed by atoms with Gasteiger partial charge in [-0.1, -0.05) is 34.6 Å². The molecule has 1 rings (SSSR count). The average molecular weight is 171 g/mol. The van der Waals surface area contributed by atoms with Crippen molar-refractivity contribution in [3.8, 4) is 0 Å². The molecule has 0 aromatic heterocycles. The van der Waals surface area contributed by atoms with E-state index in [4.69, 9.17) is 0 Å². The van der Waals surface area contributed by atoms with Crippen LogP contribution in [-0.2, 0) is 0 Å². The number of hydrogen-bond donors (Lipinski definition) is 1. The van der Waals surface area contributed by atoms with Gasteiger partial charge in [-0.05, 0) is 30.7 Å². The van der Waals surface area contributed by atoms with Crippen LogP contribution < -0.4 is 5.32 Å². The van der Waals surface area contributed by atoms with Crippen molar-refractivity contribution in [3.05, 3.63) is 0 Å². The molecule has 1 N–H and O–H groups in total. The third kappa shape index (κ3) is 2.78. The van der Waals surface area contributed by atoms with Crippen LogP contribution in [-0.4, -0.2) is 13.1 Å². The minimum absolute atomic E-state index is 0.621. The zero-order valence-electron chi connectivity index (χ0n) is 9.41. The fourth-order valence-corrected chi connectivity index (χ4v) is 1.60. The molecule has 1 unspecified atom stereocenters. The molecule has 0 aromatic carbocycles. The molecule has 1 nitrogen and oxygen atoms in total. The monoisotopic (exact) mass is 171 g/mol. The number of hydrogen-bond acceptors (Lipinski definition) is 1. The van der Waals surface area contributed by atoms with Crippen molar-refractivity contribution < 1.29 is 0 Å². The fraction of sp³-hybridized carbons (Fsp3) is 1.00. The highest BCUT2D eigenvalue weighted by molar-refractivity contribution is 4.90. The van der Waals surface area contributed by atoms with Crippen molar-refractivity contribution >= 4 is 0 Å². The summed E-state index contributed by atoms with van der Waals surface area (Å²) in [6.45, 7) is 13.3. The molecule has 1 saturated carbocycles. The van der Waals surface area contributed by atoms with Crippen molar-refractivity contribution in [2.45, 2.75) is 47.5 Å². The van der Waals surface area contributed by atoms with Crippen molar-refractivity contribution in [2.75, 3.05) is 13.1 Å². The van der Waals surface area contributed by atoms with Gasteiger partial charge in [-0.3, -0.25) is 0 Å². The standard InChI is InChI=1S/C9H19N.C2H6/c1-4-10-7-9(3)6-5-8(9)2;1-2/h8,10H,4-7H2,1-3H3;1-2H3/t8?,9-;/m0./s1. The fourth-order valence-electron chi connectivity index (χ4n) is 1.60. The first-order chi connectivity index (χ1) is 5.69. The molecule has 2 atom stereocenters. The van der Waals surface area contributed by atoms with Crippen LogP contribution >= 0.6 is 0 Å². The van der Waals surface area contributed by atoms with Gasteiger partial charge in [-0.2, -0.15) is 0 Å². The van der Waals surface area contributed by atoms with Gasteiger partial charge in [0, 0.05) is 6.54 Å². The maximum Gasteiger partial charge on any atom is 0.000760 e. The third-order valence-electron chi connectivity index (χ3n) is 3.12. The van der Waals surface area contributed by atoms with E-state index < -0.39 is 0 Å². The minimum Gasteiger partial charge on any atom is -0.316 e. The SMILES string of the molecule is CC.CCNC[C@]1(C)CCC1C. The predicted molar refractivity (Wildman–Crippen MR) is 56.4 cm³/mol. The Bertz CT molecular complexity index is 112. The van der Waals surface area contributed by atoms with Crippen LogP contribution in [0.2, 0.25) is 0 Å². The van der Waals surface area contributed by atoms with E-state index in [1.165, 1.54) is 19.4 Å². The highest BCUT2D eigenvalue weighted by Gasteiger charge is 2.38. The summed E-state index contributed by atoms with van der Waals surface area (Å²) in [5, 5.41) is 3.42. The number of rotatable bonds is 3. The van der Waals surface area contributed by atoms with Gasteiger partial charge in [0.2, 0.25) is 0 Å². The van der Waals surface area contributed by atoms with E-state index in [1.54, 1.807) is 0 Å². The van der Waals surface area contributed by atoms with E-state index in [9.17, 15) is 0 Å². The Morgan fingerprint density at radius 2 is 2.00 bits per heavy atom. The molecule has 74 valence electrons. The first-order valence-corrected chi connectivity index (χ1v) is 5.40. The molecule has 0 bridgehead atoms. The molecular weight excluding hydrogens is 146 g/mol. The summed E-state index contributed by atoms with van der Waals surface area (Å²) in [4.78, 5) is 0. The highest BCUT2D eigenvalue weighted by Crippen LogP contribution is 2.45. The Morgan fingerprint density at radius 3 is 2.25 bits per heavy atom. The topological polar surface area (TPSA) is 12.0 Å². The van der Waals surface area contributed by atoms with E-state index in [-0.39, 0.29) is 0 Å². The van der Waals surface area contributed by atoms with Gasteiger partial charge in [-0.25, -0.2) is 0 Å². The van der Waals surface area contributed by atoms with Crippen molar-refractivity contribution in [3.63, 3.8) is 0 Å². The highest BCUT2D eigenvalue weighted by atomic mass is 14.9. The minimum atomic E-state index is 0.621. The molecule has 0 radical (unpaired) electrons. The molecule has 1 aliphatic carbocycles. The first-order valence-electron chi connectivity index (χ1n) is 5.40. The van der Waals surface area contributed by atoms with Gasteiger partial charge < -0.3 is 5.32 Å².